The van der Waals surface area contributed by atoms with Crippen LogP contribution in [0, 0.1) is 0 Å². The van der Waals surface area contributed by atoms with Crippen molar-refractivity contribution in [2.45, 2.75) is 33.1 Å². The molecule has 1 amide bonds. The summed E-state index contributed by atoms with van der Waals surface area (Å²) in [5.74, 6) is -0.744. The third kappa shape index (κ3) is 3.50. The summed E-state index contributed by atoms with van der Waals surface area (Å²) in [5, 5.41) is 16.5. The Labute approximate surface area is 72.0 Å². The number of carbonyl (C=O) groups is 1. The Morgan fingerprint density at radius 1 is 1.50 bits per heavy atom. The van der Waals surface area contributed by atoms with Crippen molar-refractivity contribution in [3.05, 3.63) is 11.6 Å². The predicted molar refractivity (Wildman–Crippen MR) is 43.7 cm³/mol. The molecule has 0 aromatic carbocycles. The fourth-order valence-electron chi connectivity index (χ4n) is 0.870. The Morgan fingerprint density at radius 2 is 2.08 bits per heavy atom. The first kappa shape index (κ1) is 11.1. The Balaban J connectivity index is 4.08. The molecule has 4 heteroatoms. The van der Waals surface area contributed by atoms with E-state index in [1.807, 2.05) is 6.92 Å². The number of nitrogens with zero attached hydrogens (tertiary/aromatic N) is 1. The smallest absolute Gasteiger partial charge is 0.265 e. The molecule has 70 valence electrons. The van der Waals surface area contributed by atoms with Crippen LogP contribution in [0.1, 0.15) is 33.1 Å². The molecule has 12 heavy (non-hydrogen) atoms. The lowest BCUT2D eigenvalue weighted by atomic mass is 10.1. The second kappa shape index (κ2) is 5.74. The molecule has 0 unspecified atom stereocenters. The van der Waals surface area contributed by atoms with Gasteiger partial charge in [-0.05, 0) is 19.8 Å². The molecule has 0 fully saturated rings. The van der Waals surface area contributed by atoms with Gasteiger partial charge < -0.3 is 0 Å². The molecule has 0 aromatic heterocycles. The highest BCUT2D eigenvalue weighted by Gasteiger charge is 2.12. The van der Waals surface area contributed by atoms with Crippen molar-refractivity contribution in [3.8, 4) is 0 Å². The summed E-state index contributed by atoms with van der Waals surface area (Å²) < 4.78 is 0. The molecular formula is C8H15NO3. The van der Waals surface area contributed by atoms with Crippen LogP contribution in [0.3, 0.4) is 0 Å². The number of amides is 1. The molecule has 0 saturated carbocycles. The molecule has 0 aliphatic rings. The quantitative estimate of drug-likeness (QED) is 0.386. The minimum absolute atomic E-state index is 0.370. The lowest BCUT2D eigenvalue weighted by Gasteiger charge is -2.08. The highest BCUT2D eigenvalue weighted by Crippen LogP contribution is 2.08. The Morgan fingerprint density at radius 3 is 2.42 bits per heavy atom. The maximum atomic E-state index is 10.9. The summed E-state index contributed by atoms with van der Waals surface area (Å²) in [7, 11) is 0. The Kier molecular flexibility index (Phi) is 5.32. The normalized spacial score (nSPS) is 11.5. The zero-order valence-corrected chi connectivity index (χ0v) is 7.45. The van der Waals surface area contributed by atoms with E-state index in [2.05, 4.69) is 0 Å². The first-order chi connectivity index (χ1) is 5.63. The maximum Gasteiger partial charge on any atom is 0.299 e. The second-order valence-corrected chi connectivity index (χ2v) is 2.51. The van der Waals surface area contributed by atoms with Crippen molar-refractivity contribution in [1.82, 2.24) is 5.23 Å². The average Bonchev–Trinajstić information content (AvgIpc) is 2.05. The molecule has 0 aliphatic carbocycles. The third-order valence-electron chi connectivity index (χ3n) is 1.60. The Hall–Kier alpha value is -0.870. The van der Waals surface area contributed by atoms with Crippen LogP contribution < -0.4 is 0 Å². The van der Waals surface area contributed by atoms with Crippen LogP contribution in [0.15, 0.2) is 11.6 Å². The molecule has 0 aromatic rings. The van der Waals surface area contributed by atoms with Gasteiger partial charge in [-0.1, -0.05) is 24.6 Å². The summed E-state index contributed by atoms with van der Waals surface area (Å²) in [6.45, 7) is 3.71. The summed E-state index contributed by atoms with van der Waals surface area (Å²) in [5.41, 5.74) is 0.432. The number of hydrogen-bond donors (Lipinski definition) is 2. The van der Waals surface area contributed by atoms with Gasteiger partial charge in [0.15, 0.2) is 0 Å². The fraction of sp³-hybridized carbons (Fsp3) is 0.625. The van der Waals surface area contributed by atoms with Gasteiger partial charge in [0.1, 0.15) is 0 Å². The molecule has 4 nitrogen and oxygen atoms in total. The number of carbonyl (C=O) groups excluding carboxylic acids is 1. The van der Waals surface area contributed by atoms with Gasteiger partial charge >= 0.3 is 0 Å². The van der Waals surface area contributed by atoms with Gasteiger partial charge in [-0.3, -0.25) is 15.2 Å². The van der Waals surface area contributed by atoms with Crippen molar-refractivity contribution < 1.29 is 15.2 Å². The number of unbranched alkanes of at least 4 members (excludes halogenated alkanes) is 1. The molecule has 0 radical (unpaired) electrons. The number of rotatable bonds is 4. The van der Waals surface area contributed by atoms with Gasteiger partial charge in [0, 0.05) is 5.57 Å². The molecule has 0 spiro atoms. The molecule has 0 rings (SSSR count). The summed E-state index contributed by atoms with van der Waals surface area (Å²) >= 11 is 0. The molecule has 0 atom stereocenters. The third-order valence-corrected chi connectivity index (χ3v) is 1.60. The lowest BCUT2D eigenvalue weighted by Crippen LogP contribution is -2.24. The van der Waals surface area contributed by atoms with E-state index in [1.165, 1.54) is 0 Å². The van der Waals surface area contributed by atoms with Crippen LogP contribution in [0.5, 0.6) is 0 Å². The van der Waals surface area contributed by atoms with E-state index in [0.29, 0.717) is 12.0 Å². The van der Waals surface area contributed by atoms with E-state index in [-0.39, 0.29) is 5.23 Å². The van der Waals surface area contributed by atoms with Crippen LogP contribution in [0.4, 0.5) is 0 Å². The van der Waals surface area contributed by atoms with Crippen molar-refractivity contribution in [3.63, 3.8) is 0 Å². The van der Waals surface area contributed by atoms with Crippen molar-refractivity contribution in [2.24, 2.45) is 0 Å². The molecule has 0 aliphatic heterocycles. The predicted octanol–water partition coefficient (Wildman–Crippen LogP) is 1.73. The van der Waals surface area contributed by atoms with E-state index >= 15 is 0 Å². The van der Waals surface area contributed by atoms with Crippen LogP contribution in [0.25, 0.3) is 0 Å². The number of hydroxylamine groups is 2. The standard InChI is InChI=1S/C8H15NO3/c1-3-5-6-7(4-2)8(10)9(11)12/h4,11-12H,3,5-6H2,1-2H3/b7-4-. The SMILES string of the molecule is C/C=C(/CCCC)C(=O)N(O)O. The van der Waals surface area contributed by atoms with Crippen LogP contribution >= 0.6 is 0 Å². The minimum atomic E-state index is -0.744. The van der Waals surface area contributed by atoms with Gasteiger partial charge in [-0.15, -0.1) is 0 Å². The van der Waals surface area contributed by atoms with Crippen molar-refractivity contribution in [2.75, 3.05) is 0 Å². The monoisotopic (exact) mass is 173 g/mol. The van der Waals surface area contributed by atoms with E-state index in [4.69, 9.17) is 10.4 Å². The van der Waals surface area contributed by atoms with E-state index in [0.717, 1.165) is 12.8 Å². The van der Waals surface area contributed by atoms with Crippen LogP contribution in [0.2, 0.25) is 0 Å². The maximum absolute atomic E-state index is 10.9. The zero-order chi connectivity index (χ0) is 9.56. The minimum Gasteiger partial charge on any atom is -0.265 e. The first-order valence-electron chi connectivity index (χ1n) is 4.00. The van der Waals surface area contributed by atoms with Crippen molar-refractivity contribution in [1.29, 1.82) is 0 Å². The van der Waals surface area contributed by atoms with Gasteiger partial charge in [0.25, 0.3) is 5.91 Å². The molecule has 0 bridgehead atoms. The summed E-state index contributed by atoms with van der Waals surface area (Å²) in [4.78, 5) is 10.9. The molecule has 0 saturated heterocycles. The second-order valence-electron chi connectivity index (χ2n) is 2.51. The van der Waals surface area contributed by atoms with Crippen molar-refractivity contribution >= 4 is 5.91 Å². The highest BCUT2D eigenvalue weighted by molar-refractivity contribution is 5.91. The highest BCUT2D eigenvalue weighted by atomic mass is 16.8. The van der Waals surface area contributed by atoms with Gasteiger partial charge in [-0.25, -0.2) is 0 Å². The largest absolute Gasteiger partial charge is 0.299 e. The fourth-order valence-corrected chi connectivity index (χ4v) is 0.870. The van der Waals surface area contributed by atoms with Gasteiger partial charge in [0.2, 0.25) is 0 Å². The summed E-state index contributed by atoms with van der Waals surface area (Å²) in [6, 6.07) is 0. The molecular weight excluding hydrogens is 158 g/mol. The van der Waals surface area contributed by atoms with E-state index < -0.39 is 5.91 Å². The summed E-state index contributed by atoms with van der Waals surface area (Å²) in [6.07, 6.45) is 4.03. The van der Waals surface area contributed by atoms with Crippen LogP contribution in [-0.4, -0.2) is 21.5 Å². The van der Waals surface area contributed by atoms with Gasteiger partial charge in [0.05, 0.1) is 0 Å². The Bertz CT molecular complexity index is 175. The number of hydrogen-bond acceptors (Lipinski definition) is 3. The van der Waals surface area contributed by atoms with E-state index in [9.17, 15) is 4.79 Å². The number of allylic oxidation sites excluding steroid dienone is 1. The molecule has 2 N–H and O–H groups in total. The average molecular weight is 173 g/mol. The van der Waals surface area contributed by atoms with Gasteiger partial charge in [-0.2, -0.15) is 0 Å². The topological polar surface area (TPSA) is 60.8 Å². The van der Waals surface area contributed by atoms with Crippen LogP contribution in [-0.2, 0) is 4.79 Å². The lowest BCUT2D eigenvalue weighted by molar-refractivity contribution is -0.281. The zero-order valence-electron chi connectivity index (χ0n) is 7.45. The van der Waals surface area contributed by atoms with E-state index in [1.54, 1.807) is 13.0 Å². The first-order valence-corrected chi connectivity index (χ1v) is 4.00. The molecule has 0 heterocycles.